The van der Waals surface area contributed by atoms with E-state index in [4.69, 9.17) is 14.2 Å². The summed E-state index contributed by atoms with van der Waals surface area (Å²) in [5, 5.41) is 0. The summed E-state index contributed by atoms with van der Waals surface area (Å²) < 4.78 is 17.0. The van der Waals surface area contributed by atoms with Gasteiger partial charge in [0.25, 0.3) is 0 Å². The normalized spacial score (nSPS) is 13.9. The summed E-state index contributed by atoms with van der Waals surface area (Å²) in [5.74, 6) is 3.47. The second-order valence-corrected chi connectivity index (χ2v) is 16.2. The van der Waals surface area contributed by atoms with Gasteiger partial charge in [0.1, 0.15) is 0 Å². The summed E-state index contributed by atoms with van der Waals surface area (Å²) in [6, 6.07) is 0. The van der Waals surface area contributed by atoms with Crippen LogP contribution in [0.5, 0.6) is 0 Å². The average molecular weight is 667 g/mol. The smallest absolute Gasteiger partial charge is 0.305 e. The fourth-order valence-corrected chi connectivity index (χ4v) is 6.29. The molecule has 0 aromatic rings. The van der Waals surface area contributed by atoms with E-state index in [9.17, 15) is 9.59 Å². The van der Waals surface area contributed by atoms with Gasteiger partial charge in [-0.2, -0.15) is 0 Å². The standard InChI is InChI=1S/C42H82O5/c1-34(2)28-30-38(36(5)6)32-46-41(43)26-22-18-14-10-12-16-20-24-40(45-9)25-21-17-13-11-15-19-23-27-42(44)47-33-39(37(7)8)31-29-35(3)4/h34-40H,10-33H2,1-9H3. The van der Waals surface area contributed by atoms with Crippen LogP contribution in [0.15, 0.2) is 0 Å². The van der Waals surface area contributed by atoms with Crippen molar-refractivity contribution < 1.29 is 23.8 Å². The maximum atomic E-state index is 12.2. The molecule has 0 saturated heterocycles. The number of ether oxygens (including phenoxy) is 3. The van der Waals surface area contributed by atoms with Crippen LogP contribution < -0.4 is 0 Å². The molecule has 0 rings (SSSR count). The van der Waals surface area contributed by atoms with Gasteiger partial charge >= 0.3 is 11.9 Å². The number of esters is 2. The largest absolute Gasteiger partial charge is 0.465 e. The number of carbonyl (C=O) groups excluding carboxylic acids is 2. The molecule has 0 fully saturated rings. The van der Waals surface area contributed by atoms with Crippen LogP contribution in [0.1, 0.15) is 197 Å². The molecule has 0 aromatic heterocycles. The molecular weight excluding hydrogens is 584 g/mol. The maximum absolute atomic E-state index is 12.2. The van der Waals surface area contributed by atoms with Crippen LogP contribution in [0, 0.1) is 35.5 Å². The molecule has 0 amide bonds. The van der Waals surface area contributed by atoms with Crippen molar-refractivity contribution in [2.75, 3.05) is 20.3 Å². The van der Waals surface area contributed by atoms with Crippen molar-refractivity contribution in [3.8, 4) is 0 Å². The van der Waals surface area contributed by atoms with Gasteiger partial charge in [0.05, 0.1) is 19.3 Å². The van der Waals surface area contributed by atoms with Gasteiger partial charge in [-0.15, -0.1) is 0 Å². The highest BCUT2D eigenvalue weighted by molar-refractivity contribution is 5.69. The summed E-state index contributed by atoms with van der Waals surface area (Å²) in [5.41, 5.74) is 0. The first-order valence-electron chi connectivity index (χ1n) is 20.3. The Morgan fingerprint density at radius 3 is 1.04 bits per heavy atom. The zero-order chi connectivity index (χ0) is 35.3. The molecule has 0 spiro atoms. The number of carbonyl (C=O) groups is 2. The van der Waals surface area contributed by atoms with Crippen LogP contribution in [0.2, 0.25) is 0 Å². The van der Waals surface area contributed by atoms with Crippen molar-refractivity contribution in [1.82, 2.24) is 0 Å². The van der Waals surface area contributed by atoms with Crippen molar-refractivity contribution in [3.63, 3.8) is 0 Å². The van der Waals surface area contributed by atoms with Gasteiger partial charge in [-0.1, -0.05) is 145 Å². The van der Waals surface area contributed by atoms with Gasteiger partial charge in [0.2, 0.25) is 0 Å². The molecule has 47 heavy (non-hydrogen) atoms. The molecule has 2 unspecified atom stereocenters. The number of rotatable bonds is 33. The Morgan fingerprint density at radius 2 is 0.745 bits per heavy atom. The lowest BCUT2D eigenvalue weighted by Gasteiger charge is -2.21. The minimum Gasteiger partial charge on any atom is -0.465 e. The molecule has 0 radical (unpaired) electrons. The monoisotopic (exact) mass is 667 g/mol. The number of methoxy groups -OCH3 is 1. The molecular formula is C42H82O5. The second-order valence-electron chi connectivity index (χ2n) is 16.2. The van der Waals surface area contributed by atoms with Crippen molar-refractivity contribution in [1.29, 1.82) is 0 Å². The maximum Gasteiger partial charge on any atom is 0.305 e. The highest BCUT2D eigenvalue weighted by Crippen LogP contribution is 2.22. The molecule has 0 bridgehead atoms. The van der Waals surface area contributed by atoms with E-state index in [1.54, 1.807) is 0 Å². The fraction of sp³-hybridized carbons (Fsp3) is 0.952. The van der Waals surface area contributed by atoms with E-state index in [0.717, 1.165) is 38.5 Å². The first-order valence-corrected chi connectivity index (χ1v) is 20.3. The van der Waals surface area contributed by atoms with E-state index in [1.165, 1.54) is 89.9 Å². The Labute approximate surface area is 293 Å². The topological polar surface area (TPSA) is 61.8 Å². The molecule has 0 aliphatic heterocycles. The van der Waals surface area contributed by atoms with Gasteiger partial charge in [-0.25, -0.2) is 0 Å². The summed E-state index contributed by atoms with van der Waals surface area (Å²) in [6.45, 7) is 19.2. The van der Waals surface area contributed by atoms with Crippen molar-refractivity contribution in [2.24, 2.45) is 35.5 Å². The van der Waals surface area contributed by atoms with E-state index in [2.05, 4.69) is 55.4 Å². The lowest BCUT2D eigenvalue weighted by molar-refractivity contribution is -0.146. The van der Waals surface area contributed by atoms with Gasteiger partial charge in [0.15, 0.2) is 0 Å². The van der Waals surface area contributed by atoms with Gasteiger partial charge in [-0.3, -0.25) is 9.59 Å². The third kappa shape index (κ3) is 29.5. The van der Waals surface area contributed by atoms with E-state index in [0.29, 0.717) is 67.7 Å². The van der Waals surface area contributed by atoms with E-state index < -0.39 is 0 Å². The van der Waals surface area contributed by atoms with Crippen LogP contribution in [-0.2, 0) is 23.8 Å². The predicted octanol–water partition coefficient (Wildman–Crippen LogP) is 12.5. The Hall–Kier alpha value is -1.10. The number of hydrogen-bond acceptors (Lipinski definition) is 5. The molecule has 5 nitrogen and oxygen atoms in total. The van der Waals surface area contributed by atoms with E-state index in [1.807, 2.05) is 7.11 Å². The number of hydrogen-bond donors (Lipinski definition) is 0. The molecule has 0 aromatic carbocycles. The van der Waals surface area contributed by atoms with Crippen LogP contribution >= 0.6 is 0 Å². The van der Waals surface area contributed by atoms with Gasteiger partial charge in [-0.05, 0) is 74.0 Å². The Bertz CT molecular complexity index is 658. The fourth-order valence-electron chi connectivity index (χ4n) is 6.29. The Morgan fingerprint density at radius 1 is 0.426 bits per heavy atom. The average Bonchev–Trinajstić information content (AvgIpc) is 3.01. The summed E-state index contributed by atoms with van der Waals surface area (Å²) in [4.78, 5) is 24.4. The van der Waals surface area contributed by atoms with Crippen LogP contribution in [0.4, 0.5) is 0 Å². The quantitative estimate of drug-likeness (QED) is 0.0515. The molecule has 2 atom stereocenters. The van der Waals surface area contributed by atoms with Crippen molar-refractivity contribution in [2.45, 2.75) is 203 Å². The third-order valence-corrected chi connectivity index (χ3v) is 10.2. The molecule has 0 saturated carbocycles. The van der Waals surface area contributed by atoms with E-state index >= 15 is 0 Å². The zero-order valence-corrected chi connectivity index (χ0v) is 33.1. The van der Waals surface area contributed by atoms with Crippen molar-refractivity contribution >= 4 is 11.9 Å². The minimum atomic E-state index is -0.0114. The van der Waals surface area contributed by atoms with E-state index in [-0.39, 0.29) is 11.9 Å². The lowest BCUT2D eigenvalue weighted by atomic mass is 9.89. The molecule has 0 aliphatic rings. The zero-order valence-electron chi connectivity index (χ0n) is 33.1. The molecule has 0 N–H and O–H groups in total. The first-order chi connectivity index (χ1) is 22.5. The molecule has 280 valence electrons. The highest BCUT2D eigenvalue weighted by atomic mass is 16.5. The SMILES string of the molecule is COC(CCCCCCCCCC(=O)OCC(CCC(C)C)C(C)C)CCCCCCCCCC(=O)OCC(CCC(C)C)C(C)C. The van der Waals surface area contributed by atoms with Gasteiger partial charge in [0, 0.05) is 20.0 Å². The highest BCUT2D eigenvalue weighted by Gasteiger charge is 2.18. The predicted molar refractivity (Wildman–Crippen MR) is 201 cm³/mol. The van der Waals surface area contributed by atoms with Crippen LogP contribution in [0.25, 0.3) is 0 Å². The molecule has 5 heteroatoms. The summed E-state index contributed by atoms with van der Waals surface area (Å²) in [6.07, 6.45) is 25.3. The lowest BCUT2D eigenvalue weighted by Crippen LogP contribution is -2.19. The summed E-state index contributed by atoms with van der Waals surface area (Å²) in [7, 11) is 1.87. The minimum absolute atomic E-state index is 0.0114. The third-order valence-electron chi connectivity index (χ3n) is 10.2. The van der Waals surface area contributed by atoms with Crippen LogP contribution in [0.3, 0.4) is 0 Å². The van der Waals surface area contributed by atoms with Crippen LogP contribution in [-0.4, -0.2) is 38.4 Å². The van der Waals surface area contributed by atoms with Crippen molar-refractivity contribution in [3.05, 3.63) is 0 Å². The second kappa shape index (κ2) is 30.9. The van der Waals surface area contributed by atoms with Gasteiger partial charge < -0.3 is 14.2 Å². The first kappa shape index (κ1) is 45.9. The molecule has 0 aliphatic carbocycles. The summed E-state index contributed by atoms with van der Waals surface area (Å²) >= 11 is 0. The Kier molecular flexibility index (Phi) is 30.2. The number of unbranched alkanes of at least 4 members (excludes halogenated alkanes) is 12. The Balaban J connectivity index is 3.68. The molecule has 0 heterocycles.